The second-order valence-electron chi connectivity index (χ2n) is 7.81. The van der Waals surface area contributed by atoms with E-state index in [9.17, 15) is 0 Å². The Balaban J connectivity index is 2.36. The summed E-state index contributed by atoms with van der Waals surface area (Å²) in [5.74, 6) is 0.629. The van der Waals surface area contributed by atoms with Crippen LogP contribution in [0.4, 0.5) is 5.69 Å². The van der Waals surface area contributed by atoms with Crippen molar-refractivity contribution in [2.75, 3.05) is 4.90 Å². The summed E-state index contributed by atoms with van der Waals surface area (Å²) >= 11 is 0. The largest absolute Gasteiger partial charge is 0.364 e. The average Bonchev–Trinajstić information content (AvgIpc) is 2.35. The average molecular weight is 288 g/mol. The summed E-state index contributed by atoms with van der Waals surface area (Å²) in [4.78, 5) is 2.60. The lowest BCUT2D eigenvalue weighted by molar-refractivity contribution is 0.356. The number of hydrogen-bond acceptors (Lipinski definition) is 2. The van der Waals surface area contributed by atoms with Gasteiger partial charge in [-0.05, 0) is 57.2 Å². The van der Waals surface area contributed by atoms with Crippen LogP contribution in [0.5, 0.6) is 0 Å². The summed E-state index contributed by atoms with van der Waals surface area (Å²) in [6.45, 7) is 17.1. The Morgan fingerprint density at radius 2 is 1.90 bits per heavy atom. The van der Waals surface area contributed by atoms with Gasteiger partial charge in [0.2, 0.25) is 0 Å². The van der Waals surface area contributed by atoms with Gasteiger partial charge < -0.3 is 10.2 Å². The van der Waals surface area contributed by atoms with E-state index in [1.54, 1.807) is 0 Å². The molecule has 1 heterocycles. The summed E-state index contributed by atoms with van der Waals surface area (Å²) in [7, 11) is 0. The molecule has 0 aliphatic carbocycles. The van der Waals surface area contributed by atoms with Gasteiger partial charge >= 0.3 is 0 Å². The molecule has 1 unspecified atom stereocenters. The molecule has 1 aromatic rings. The minimum atomic E-state index is 0.234. The normalized spacial score (nSPS) is 21.0. The molecule has 0 fully saturated rings. The molecular weight excluding hydrogens is 256 g/mol. The minimum absolute atomic E-state index is 0.234. The lowest BCUT2D eigenvalue weighted by Crippen LogP contribution is -2.51. The van der Waals surface area contributed by atoms with E-state index in [0.29, 0.717) is 18.0 Å². The van der Waals surface area contributed by atoms with Crippen molar-refractivity contribution in [2.45, 2.75) is 85.0 Å². The van der Waals surface area contributed by atoms with E-state index in [4.69, 9.17) is 0 Å². The molecule has 118 valence electrons. The smallest absolute Gasteiger partial charge is 0.0408 e. The molecule has 0 bridgehead atoms. The maximum Gasteiger partial charge on any atom is 0.0408 e. The standard InChI is InChI=1S/C19H32N2/c1-13(2)20-12-16-8-9-18-17(10-16)15(5)11-19(6,7)21(18)14(3)4/h8-10,13-15,20H,11-12H2,1-7H3. The molecular formula is C19H32N2. The third-order valence-corrected chi connectivity index (χ3v) is 4.57. The number of hydrogen-bond donors (Lipinski definition) is 1. The molecule has 1 aliphatic rings. The Labute approximate surface area is 130 Å². The molecule has 1 aromatic carbocycles. The number of rotatable bonds is 4. The van der Waals surface area contributed by atoms with E-state index in [-0.39, 0.29) is 5.54 Å². The lowest BCUT2D eigenvalue weighted by atomic mass is 9.79. The maximum atomic E-state index is 3.52. The fourth-order valence-electron chi connectivity index (χ4n) is 3.91. The van der Waals surface area contributed by atoms with Crippen LogP contribution in [0.25, 0.3) is 0 Å². The molecule has 0 radical (unpaired) electrons. The van der Waals surface area contributed by atoms with Crippen LogP contribution in [0, 0.1) is 0 Å². The molecule has 1 N–H and O–H groups in total. The summed E-state index contributed by atoms with van der Waals surface area (Å²) in [5.41, 5.74) is 4.59. The van der Waals surface area contributed by atoms with Gasteiger partial charge in [-0.2, -0.15) is 0 Å². The van der Waals surface area contributed by atoms with Crippen LogP contribution in [0.15, 0.2) is 18.2 Å². The van der Waals surface area contributed by atoms with Gasteiger partial charge in [0.25, 0.3) is 0 Å². The number of fused-ring (bicyclic) bond motifs is 1. The molecule has 21 heavy (non-hydrogen) atoms. The molecule has 2 heteroatoms. The van der Waals surface area contributed by atoms with E-state index in [2.05, 4.69) is 76.9 Å². The third kappa shape index (κ3) is 3.42. The molecule has 0 spiro atoms. The van der Waals surface area contributed by atoms with Crippen LogP contribution in [-0.4, -0.2) is 17.6 Å². The first-order chi connectivity index (χ1) is 9.72. The summed E-state index contributed by atoms with van der Waals surface area (Å²) < 4.78 is 0. The van der Waals surface area contributed by atoms with Crippen LogP contribution in [0.1, 0.15) is 71.9 Å². The zero-order valence-corrected chi connectivity index (χ0v) is 14.8. The molecule has 0 saturated heterocycles. The van der Waals surface area contributed by atoms with Gasteiger partial charge in [-0.25, -0.2) is 0 Å². The Morgan fingerprint density at radius 1 is 1.24 bits per heavy atom. The minimum Gasteiger partial charge on any atom is -0.364 e. The maximum absolute atomic E-state index is 3.52. The predicted molar refractivity (Wildman–Crippen MR) is 93.1 cm³/mol. The molecule has 0 amide bonds. The van der Waals surface area contributed by atoms with Gasteiger partial charge in [0.15, 0.2) is 0 Å². The summed E-state index contributed by atoms with van der Waals surface area (Å²) in [5, 5.41) is 3.52. The van der Waals surface area contributed by atoms with Crippen LogP contribution >= 0.6 is 0 Å². The van der Waals surface area contributed by atoms with Gasteiger partial charge in [0, 0.05) is 29.9 Å². The molecule has 0 aromatic heterocycles. The van der Waals surface area contributed by atoms with Crippen molar-refractivity contribution in [3.05, 3.63) is 29.3 Å². The molecule has 0 saturated carbocycles. The Morgan fingerprint density at radius 3 is 2.48 bits per heavy atom. The highest BCUT2D eigenvalue weighted by Gasteiger charge is 2.37. The van der Waals surface area contributed by atoms with E-state index < -0.39 is 0 Å². The van der Waals surface area contributed by atoms with Crippen LogP contribution in [0.2, 0.25) is 0 Å². The van der Waals surface area contributed by atoms with Crippen LogP contribution in [0.3, 0.4) is 0 Å². The van der Waals surface area contributed by atoms with E-state index >= 15 is 0 Å². The van der Waals surface area contributed by atoms with E-state index in [1.165, 1.54) is 23.2 Å². The van der Waals surface area contributed by atoms with Crippen molar-refractivity contribution in [1.29, 1.82) is 0 Å². The number of nitrogens with one attached hydrogen (secondary N) is 1. The van der Waals surface area contributed by atoms with Crippen molar-refractivity contribution >= 4 is 5.69 Å². The van der Waals surface area contributed by atoms with Crippen molar-refractivity contribution in [3.63, 3.8) is 0 Å². The van der Waals surface area contributed by atoms with Crippen LogP contribution < -0.4 is 10.2 Å². The summed E-state index contributed by atoms with van der Waals surface area (Å²) in [6, 6.07) is 8.11. The van der Waals surface area contributed by atoms with Gasteiger partial charge in [-0.3, -0.25) is 0 Å². The first-order valence-electron chi connectivity index (χ1n) is 8.38. The summed E-state index contributed by atoms with van der Waals surface area (Å²) in [6.07, 6.45) is 1.22. The first kappa shape index (κ1) is 16.4. The zero-order valence-electron chi connectivity index (χ0n) is 14.8. The topological polar surface area (TPSA) is 15.3 Å². The highest BCUT2D eigenvalue weighted by molar-refractivity contribution is 5.61. The monoisotopic (exact) mass is 288 g/mol. The second-order valence-corrected chi connectivity index (χ2v) is 7.81. The van der Waals surface area contributed by atoms with Crippen molar-refractivity contribution in [1.82, 2.24) is 5.32 Å². The van der Waals surface area contributed by atoms with Crippen molar-refractivity contribution in [2.24, 2.45) is 0 Å². The van der Waals surface area contributed by atoms with Crippen LogP contribution in [-0.2, 0) is 6.54 Å². The van der Waals surface area contributed by atoms with Gasteiger partial charge in [-0.1, -0.05) is 32.9 Å². The van der Waals surface area contributed by atoms with E-state index in [0.717, 1.165) is 6.54 Å². The molecule has 2 rings (SSSR count). The number of anilines is 1. The van der Waals surface area contributed by atoms with Gasteiger partial charge in [0.1, 0.15) is 0 Å². The Hall–Kier alpha value is -1.02. The molecule has 2 nitrogen and oxygen atoms in total. The van der Waals surface area contributed by atoms with Gasteiger partial charge in [0.05, 0.1) is 0 Å². The highest BCUT2D eigenvalue weighted by atomic mass is 15.2. The lowest BCUT2D eigenvalue weighted by Gasteiger charge is -2.50. The number of nitrogens with zero attached hydrogens (tertiary/aromatic N) is 1. The SMILES string of the molecule is CC(C)NCc1ccc2c(c1)C(C)CC(C)(C)N2C(C)C. The predicted octanol–water partition coefficient (Wildman–Crippen LogP) is 4.69. The first-order valence-corrected chi connectivity index (χ1v) is 8.38. The fraction of sp³-hybridized carbons (Fsp3) is 0.684. The molecule has 1 aliphatic heterocycles. The second kappa shape index (κ2) is 6.00. The number of benzene rings is 1. The Bertz CT molecular complexity index is 488. The highest BCUT2D eigenvalue weighted by Crippen LogP contribution is 2.44. The van der Waals surface area contributed by atoms with Gasteiger partial charge in [-0.15, -0.1) is 0 Å². The van der Waals surface area contributed by atoms with E-state index in [1.807, 2.05) is 0 Å². The molecule has 1 atom stereocenters. The fourth-order valence-corrected chi connectivity index (χ4v) is 3.91. The third-order valence-electron chi connectivity index (χ3n) is 4.57. The zero-order chi connectivity index (χ0) is 15.8. The van der Waals surface area contributed by atoms with Crippen molar-refractivity contribution < 1.29 is 0 Å². The Kier molecular flexibility index (Phi) is 4.67. The quantitative estimate of drug-likeness (QED) is 0.865. The van der Waals surface area contributed by atoms with Crippen molar-refractivity contribution in [3.8, 4) is 0 Å².